The second-order valence-electron chi connectivity index (χ2n) is 2.85. The van der Waals surface area contributed by atoms with E-state index in [1.807, 2.05) is 0 Å². The summed E-state index contributed by atoms with van der Waals surface area (Å²) in [4.78, 5) is 0. The van der Waals surface area contributed by atoms with E-state index in [9.17, 15) is 8.42 Å². The molecule has 0 saturated heterocycles. The van der Waals surface area contributed by atoms with E-state index in [0.717, 1.165) is 0 Å². The quantitative estimate of drug-likeness (QED) is 0.403. The number of ether oxygens (including phenoxy) is 1. The highest BCUT2D eigenvalue weighted by Crippen LogP contribution is 1.95. The summed E-state index contributed by atoms with van der Waals surface area (Å²) >= 11 is 0. The number of aliphatic hydroxyl groups is 2. The molecule has 6 nitrogen and oxygen atoms in total. The number of hydrogen-bond donors (Lipinski definition) is 3. The minimum atomic E-state index is -3.35. The van der Waals surface area contributed by atoms with Crippen LogP contribution in [0.5, 0.6) is 0 Å². The number of hydrogen-bond acceptors (Lipinski definition) is 6. The van der Waals surface area contributed by atoms with Gasteiger partial charge in [-0.15, -0.1) is 0 Å². The van der Waals surface area contributed by atoms with E-state index in [4.69, 9.17) is 20.7 Å². The van der Waals surface area contributed by atoms with E-state index in [0.29, 0.717) is 13.2 Å². The first kappa shape index (κ1) is 13.8. The Morgan fingerprint density at radius 1 is 1.36 bits per heavy atom. The van der Waals surface area contributed by atoms with Crippen molar-refractivity contribution < 1.29 is 23.4 Å². The lowest BCUT2D eigenvalue weighted by Gasteiger charge is -2.08. The summed E-state index contributed by atoms with van der Waals surface area (Å²) in [5.41, 5.74) is 5.13. The molecule has 0 saturated carbocycles. The van der Waals surface area contributed by atoms with Gasteiger partial charge in [-0.05, 0) is 0 Å². The van der Waals surface area contributed by atoms with Gasteiger partial charge in [-0.3, -0.25) is 0 Å². The predicted octanol–water partition coefficient (Wildman–Crippen LogP) is -2.27. The van der Waals surface area contributed by atoms with Crippen LogP contribution in [0.3, 0.4) is 0 Å². The third-order valence-electron chi connectivity index (χ3n) is 1.46. The van der Waals surface area contributed by atoms with Crippen LogP contribution in [-0.4, -0.2) is 62.6 Å². The Morgan fingerprint density at radius 2 is 2.00 bits per heavy atom. The van der Waals surface area contributed by atoms with E-state index in [1.165, 1.54) is 0 Å². The molecule has 14 heavy (non-hydrogen) atoms. The monoisotopic (exact) mass is 227 g/mol. The van der Waals surface area contributed by atoms with Crippen LogP contribution in [0.15, 0.2) is 0 Å². The first-order valence-electron chi connectivity index (χ1n) is 4.29. The van der Waals surface area contributed by atoms with Crippen LogP contribution in [0.1, 0.15) is 0 Å². The largest absolute Gasteiger partial charge is 0.394 e. The topological polar surface area (TPSA) is 110 Å². The molecule has 0 radical (unpaired) electrons. The Balaban J connectivity index is 3.73. The molecule has 86 valence electrons. The standard InChI is InChI=1S/C7H17NO5S/c8-1-2-13-3-4-14(11,12)6-7(10)5-9/h7,9-10H,1-6,8H2. The van der Waals surface area contributed by atoms with Crippen molar-refractivity contribution in [3.05, 3.63) is 0 Å². The molecule has 0 bridgehead atoms. The molecule has 4 N–H and O–H groups in total. The van der Waals surface area contributed by atoms with Gasteiger partial charge < -0.3 is 20.7 Å². The molecule has 0 aliphatic carbocycles. The van der Waals surface area contributed by atoms with Crippen molar-refractivity contribution in [3.63, 3.8) is 0 Å². The Labute approximate surface area is 83.6 Å². The van der Waals surface area contributed by atoms with Gasteiger partial charge in [-0.25, -0.2) is 8.42 Å². The van der Waals surface area contributed by atoms with E-state index in [1.54, 1.807) is 0 Å². The molecule has 7 heteroatoms. The molecular formula is C7H17NO5S. The maximum Gasteiger partial charge on any atom is 0.155 e. The number of sulfone groups is 1. The minimum Gasteiger partial charge on any atom is -0.394 e. The maximum atomic E-state index is 11.2. The highest BCUT2D eigenvalue weighted by molar-refractivity contribution is 7.91. The average molecular weight is 227 g/mol. The van der Waals surface area contributed by atoms with Crippen LogP contribution in [0.2, 0.25) is 0 Å². The van der Waals surface area contributed by atoms with Gasteiger partial charge >= 0.3 is 0 Å². The van der Waals surface area contributed by atoms with Crippen molar-refractivity contribution in [2.75, 3.05) is 37.9 Å². The first-order chi connectivity index (χ1) is 6.52. The highest BCUT2D eigenvalue weighted by Gasteiger charge is 2.16. The Hall–Kier alpha value is -0.210. The molecule has 0 heterocycles. The molecule has 0 spiro atoms. The van der Waals surface area contributed by atoms with Crippen molar-refractivity contribution in [1.29, 1.82) is 0 Å². The molecule has 1 unspecified atom stereocenters. The molecule has 0 fully saturated rings. The maximum absolute atomic E-state index is 11.2. The van der Waals surface area contributed by atoms with Gasteiger partial charge in [0.25, 0.3) is 0 Å². The van der Waals surface area contributed by atoms with E-state index in [2.05, 4.69) is 0 Å². The third-order valence-corrected chi connectivity index (χ3v) is 3.14. The van der Waals surface area contributed by atoms with Crippen LogP contribution in [0.4, 0.5) is 0 Å². The molecule has 0 amide bonds. The van der Waals surface area contributed by atoms with Gasteiger partial charge in [0.05, 0.1) is 37.4 Å². The lowest BCUT2D eigenvalue weighted by atomic mass is 10.4. The Bertz CT molecular complexity index is 228. The van der Waals surface area contributed by atoms with Gasteiger partial charge in [-0.2, -0.15) is 0 Å². The van der Waals surface area contributed by atoms with E-state index < -0.39 is 28.3 Å². The fourth-order valence-corrected chi connectivity index (χ4v) is 2.03. The molecule has 0 aliphatic rings. The van der Waals surface area contributed by atoms with Crippen LogP contribution in [-0.2, 0) is 14.6 Å². The number of rotatable bonds is 8. The number of aliphatic hydroxyl groups excluding tert-OH is 2. The number of nitrogens with two attached hydrogens (primary N) is 1. The second kappa shape index (κ2) is 7.13. The molecule has 0 aromatic carbocycles. The summed E-state index contributed by atoms with van der Waals surface area (Å²) < 4.78 is 27.2. The van der Waals surface area contributed by atoms with Crippen LogP contribution >= 0.6 is 0 Å². The summed E-state index contributed by atoms with van der Waals surface area (Å²) in [7, 11) is -3.35. The van der Waals surface area contributed by atoms with Gasteiger partial charge in [0.1, 0.15) is 0 Å². The summed E-state index contributed by atoms with van der Waals surface area (Å²) in [5.74, 6) is -0.598. The van der Waals surface area contributed by atoms with E-state index >= 15 is 0 Å². The molecule has 1 atom stereocenters. The van der Waals surface area contributed by atoms with Crippen molar-refractivity contribution in [1.82, 2.24) is 0 Å². The summed E-state index contributed by atoms with van der Waals surface area (Å²) in [6, 6.07) is 0. The molecule has 0 aromatic rings. The van der Waals surface area contributed by atoms with Crippen molar-refractivity contribution >= 4 is 9.84 Å². The summed E-state index contributed by atoms with van der Waals surface area (Å²) in [5, 5.41) is 17.4. The Morgan fingerprint density at radius 3 is 2.50 bits per heavy atom. The fourth-order valence-electron chi connectivity index (χ4n) is 0.800. The average Bonchev–Trinajstić information content (AvgIpc) is 2.12. The first-order valence-corrected chi connectivity index (χ1v) is 6.11. The predicted molar refractivity (Wildman–Crippen MR) is 51.6 cm³/mol. The van der Waals surface area contributed by atoms with Crippen molar-refractivity contribution in [2.45, 2.75) is 6.10 Å². The molecule has 0 rings (SSSR count). The zero-order chi connectivity index (χ0) is 11.0. The molecular weight excluding hydrogens is 210 g/mol. The van der Waals surface area contributed by atoms with Crippen LogP contribution in [0.25, 0.3) is 0 Å². The van der Waals surface area contributed by atoms with E-state index in [-0.39, 0.29) is 12.4 Å². The normalized spacial score (nSPS) is 14.2. The van der Waals surface area contributed by atoms with Crippen LogP contribution in [0, 0.1) is 0 Å². The van der Waals surface area contributed by atoms with Gasteiger partial charge in [0.15, 0.2) is 9.84 Å². The zero-order valence-corrected chi connectivity index (χ0v) is 8.74. The van der Waals surface area contributed by atoms with Gasteiger partial charge in [0.2, 0.25) is 0 Å². The van der Waals surface area contributed by atoms with Crippen molar-refractivity contribution in [3.8, 4) is 0 Å². The SMILES string of the molecule is NCCOCCS(=O)(=O)CC(O)CO. The van der Waals surface area contributed by atoms with Crippen LogP contribution < -0.4 is 5.73 Å². The second-order valence-corrected chi connectivity index (χ2v) is 5.08. The smallest absolute Gasteiger partial charge is 0.155 e. The molecule has 0 aromatic heterocycles. The van der Waals surface area contributed by atoms with Gasteiger partial charge in [0, 0.05) is 6.54 Å². The summed E-state index contributed by atoms with van der Waals surface area (Å²) in [6.07, 6.45) is -1.21. The molecule has 0 aliphatic heterocycles. The fraction of sp³-hybridized carbons (Fsp3) is 1.00. The van der Waals surface area contributed by atoms with Gasteiger partial charge in [-0.1, -0.05) is 0 Å². The lowest BCUT2D eigenvalue weighted by Crippen LogP contribution is -2.27. The third kappa shape index (κ3) is 7.22. The minimum absolute atomic E-state index is 0.0671. The highest BCUT2D eigenvalue weighted by atomic mass is 32.2. The van der Waals surface area contributed by atoms with Crippen molar-refractivity contribution in [2.24, 2.45) is 5.73 Å². The Kier molecular flexibility index (Phi) is 7.02. The zero-order valence-electron chi connectivity index (χ0n) is 7.92. The summed E-state index contributed by atoms with van der Waals surface area (Å²) in [6.45, 7) is 0.179. The lowest BCUT2D eigenvalue weighted by molar-refractivity contribution is 0.112.